The molecule has 1 amide bonds. The number of carbonyl (C=O) groups excluding carboxylic acids is 1. The normalized spacial score (nSPS) is 16.1. The molecule has 1 aromatic carbocycles. The number of anilines is 2. The van der Waals surface area contributed by atoms with E-state index in [0.717, 1.165) is 48.6 Å². The van der Waals surface area contributed by atoms with Gasteiger partial charge in [-0.15, -0.1) is 13.2 Å². The maximum atomic E-state index is 12.7. The second kappa shape index (κ2) is 8.81. The molecule has 4 rings (SSSR count). The van der Waals surface area contributed by atoms with Gasteiger partial charge in [0.15, 0.2) is 0 Å². The number of nitrogens with zero attached hydrogens (tertiary/aromatic N) is 4. The van der Waals surface area contributed by atoms with Crippen molar-refractivity contribution in [3.63, 3.8) is 0 Å². The molecule has 3 aromatic rings. The molecule has 32 heavy (non-hydrogen) atoms. The van der Waals surface area contributed by atoms with Gasteiger partial charge in [0.05, 0.1) is 36.2 Å². The fraction of sp³-hybridized carbons (Fsp3) is 0.273. The largest absolute Gasteiger partial charge is 0.573 e. The lowest BCUT2D eigenvalue weighted by Gasteiger charge is -2.19. The van der Waals surface area contributed by atoms with Crippen molar-refractivity contribution in [2.45, 2.75) is 25.6 Å². The van der Waals surface area contributed by atoms with Gasteiger partial charge in [-0.2, -0.15) is 0 Å². The number of benzene rings is 1. The fourth-order valence-electron chi connectivity index (χ4n) is 3.80. The Morgan fingerprint density at radius 1 is 1.12 bits per heavy atom. The lowest BCUT2D eigenvalue weighted by atomic mass is 9.92. The highest BCUT2D eigenvalue weighted by molar-refractivity contribution is 6.04. The van der Waals surface area contributed by atoms with E-state index in [2.05, 4.69) is 29.9 Å². The van der Waals surface area contributed by atoms with Gasteiger partial charge < -0.3 is 15.0 Å². The standard InChI is InChI=1S/C22H20F3N5O2/c1-14-2-3-15(21(31)29-17-7-19(11-26-8-17)32-22(23,24)25)6-20(14)16-4-5-30(12-16)18-9-27-13-28-10-18/h2-3,6-11,13,16H,4-5,12H2,1H3,(H,29,31)/t16-/m1/s1. The van der Waals surface area contributed by atoms with E-state index in [4.69, 9.17) is 0 Å². The van der Waals surface area contributed by atoms with E-state index in [9.17, 15) is 18.0 Å². The molecule has 0 spiro atoms. The average Bonchev–Trinajstić information content (AvgIpc) is 3.24. The highest BCUT2D eigenvalue weighted by Crippen LogP contribution is 2.32. The highest BCUT2D eigenvalue weighted by atomic mass is 19.4. The van der Waals surface area contributed by atoms with E-state index in [1.165, 1.54) is 12.5 Å². The zero-order valence-electron chi connectivity index (χ0n) is 17.1. The number of alkyl halides is 3. The van der Waals surface area contributed by atoms with Gasteiger partial charge in [-0.05, 0) is 36.6 Å². The Labute approximate surface area is 182 Å². The van der Waals surface area contributed by atoms with Crippen molar-refractivity contribution in [3.05, 3.63) is 72.1 Å². The molecule has 1 aliphatic heterocycles. The molecule has 1 fully saturated rings. The first kappa shape index (κ1) is 21.5. The van der Waals surface area contributed by atoms with E-state index < -0.39 is 18.0 Å². The van der Waals surface area contributed by atoms with Gasteiger partial charge in [0.25, 0.3) is 5.91 Å². The van der Waals surface area contributed by atoms with Crippen LogP contribution in [0, 0.1) is 6.92 Å². The minimum Gasteiger partial charge on any atom is -0.404 e. The minimum atomic E-state index is -4.84. The Balaban J connectivity index is 1.48. The van der Waals surface area contributed by atoms with Gasteiger partial charge in [0, 0.05) is 30.6 Å². The van der Waals surface area contributed by atoms with E-state index in [-0.39, 0.29) is 11.6 Å². The van der Waals surface area contributed by atoms with Crippen molar-refractivity contribution in [1.29, 1.82) is 0 Å². The molecule has 2 aromatic heterocycles. The van der Waals surface area contributed by atoms with Crippen LogP contribution in [0.5, 0.6) is 5.75 Å². The van der Waals surface area contributed by atoms with Crippen LogP contribution < -0.4 is 15.0 Å². The van der Waals surface area contributed by atoms with Crippen molar-refractivity contribution in [1.82, 2.24) is 15.0 Å². The third kappa shape index (κ3) is 5.13. The van der Waals surface area contributed by atoms with Crippen LogP contribution in [0.4, 0.5) is 24.5 Å². The Hall–Kier alpha value is -3.69. The quantitative estimate of drug-likeness (QED) is 0.633. The molecule has 0 bridgehead atoms. The molecule has 1 atom stereocenters. The molecule has 166 valence electrons. The zero-order chi connectivity index (χ0) is 22.7. The van der Waals surface area contributed by atoms with Crippen molar-refractivity contribution >= 4 is 17.3 Å². The Morgan fingerprint density at radius 2 is 1.91 bits per heavy atom. The molecule has 1 saturated heterocycles. The summed E-state index contributed by atoms with van der Waals surface area (Å²) in [7, 11) is 0. The molecule has 0 radical (unpaired) electrons. The van der Waals surface area contributed by atoms with Gasteiger partial charge >= 0.3 is 6.36 Å². The monoisotopic (exact) mass is 443 g/mol. The maximum Gasteiger partial charge on any atom is 0.573 e. The van der Waals surface area contributed by atoms with Gasteiger partial charge in [0.2, 0.25) is 0 Å². The molecule has 1 N–H and O–H groups in total. The SMILES string of the molecule is Cc1ccc(C(=O)Nc2cncc(OC(F)(F)F)c2)cc1[C@@H]1CCN(c2cncnc2)C1. The van der Waals surface area contributed by atoms with E-state index in [0.29, 0.717) is 5.56 Å². The summed E-state index contributed by atoms with van der Waals surface area (Å²) in [4.78, 5) is 26.8. The van der Waals surface area contributed by atoms with Crippen LogP contribution in [0.25, 0.3) is 0 Å². The molecule has 3 heterocycles. The van der Waals surface area contributed by atoms with Gasteiger partial charge in [-0.25, -0.2) is 9.97 Å². The van der Waals surface area contributed by atoms with Crippen LogP contribution in [-0.4, -0.2) is 40.3 Å². The van der Waals surface area contributed by atoms with Crippen molar-refractivity contribution in [2.75, 3.05) is 23.3 Å². The zero-order valence-corrected chi connectivity index (χ0v) is 17.1. The van der Waals surface area contributed by atoms with Crippen LogP contribution in [0.3, 0.4) is 0 Å². The summed E-state index contributed by atoms with van der Waals surface area (Å²) in [5.74, 6) is -0.715. The Bertz CT molecular complexity index is 1110. The van der Waals surface area contributed by atoms with Crippen molar-refractivity contribution < 1.29 is 22.7 Å². The predicted octanol–water partition coefficient (Wildman–Crippen LogP) is 4.32. The fourth-order valence-corrected chi connectivity index (χ4v) is 3.80. The van der Waals surface area contributed by atoms with Crippen LogP contribution in [-0.2, 0) is 0 Å². The first-order valence-corrected chi connectivity index (χ1v) is 9.91. The van der Waals surface area contributed by atoms with E-state index in [1.807, 2.05) is 19.1 Å². The summed E-state index contributed by atoms with van der Waals surface area (Å²) in [6.07, 6.45) is 3.31. The van der Waals surface area contributed by atoms with Crippen molar-refractivity contribution in [3.8, 4) is 5.75 Å². The summed E-state index contributed by atoms with van der Waals surface area (Å²) >= 11 is 0. The lowest BCUT2D eigenvalue weighted by molar-refractivity contribution is -0.274. The Kier molecular flexibility index (Phi) is 5.93. The van der Waals surface area contributed by atoms with Gasteiger partial charge in [-0.1, -0.05) is 6.07 Å². The molecule has 0 aliphatic carbocycles. The number of rotatable bonds is 5. The number of aryl methyl sites for hydroxylation is 1. The summed E-state index contributed by atoms with van der Waals surface area (Å²) in [6.45, 7) is 3.62. The second-order valence-corrected chi connectivity index (χ2v) is 7.51. The average molecular weight is 443 g/mol. The number of ether oxygens (including phenoxy) is 1. The molecule has 1 aliphatic rings. The van der Waals surface area contributed by atoms with Gasteiger partial charge in [0.1, 0.15) is 12.1 Å². The maximum absolute atomic E-state index is 12.7. The lowest BCUT2D eigenvalue weighted by Crippen LogP contribution is -2.20. The Morgan fingerprint density at radius 3 is 2.66 bits per heavy atom. The highest BCUT2D eigenvalue weighted by Gasteiger charge is 2.31. The van der Waals surface area contributed by atoms with Gasteiger partial charge in [-0.3, -0.25) is 9.78 Å². The molecule has 0 unspecified atom stereocenters. The predicted molar refractivity (Wildman–Crippen MR) is 112 cm³/mol. The van der Waals surface area contributed by atoms with Crippen LogP contribution in [0.2, 0.25) is 0 Å². The molecule has 7 nitrogen and oxygen atoms in total. The smallest absolute Gasteiger partial charge is 0.404 e. The first-order valence-electron chi connectivity index (χ1n) is 9.91. The number of carbonyl (C=O) groups is 1. The van der Waals surface area contributed by atoms with Crippen molar-refractivity contribution in [2.24, 2.45) is 0 Å². The minimum absolute atomic E-state index is 0.106. The number of amides is 1. The molecular formula is C22H20F3N5O2. The second-order valence-electron chi connectivity index (χ2n) is 7.51. The summed E-state index contributed by atoms with van der Waals surface area (Å²) in [5, 5.41) is 2.58. The number of halogens is 3. The molecule has 0 saturated carbocycles. The van der Waals surface area contributed by atoms with E-state index in [1.54, 1.807) is 18.5 Å². The summed E-state index contributed by atoms with van der Waals surface area (Å²) in [5.41, 5.74) is 3.60. The number of aromatic nitrogens is 3. The number of hydrogen-bond acceptors (Lipinski definition) is 6. The first-order chi connectivity index (χ1) is 15.3. The molecule has 10 heteroatoms. The third-order valence-electron chi connectivity index (χ3n) is 5.29. The summed E-state index contributed by atoms with van der Waals surface area (Å²) < 4.78 is 41.1. The van der Waals surface area contributed by atoms with Crippen LogP contribution >= 0.6 is 0 Å². The molecular weight excluding hydrogens is 423 g/mol. The van der Waals surface area contributed by atoms with Crippen LogP contribution in [0.15, 0.2) is 55.4 Å². The number of hydrogen-bond donors (Lipinski definition) is 1. The summed E-state index contributed by atoms with van der Waals surface area (Å²) in [6, 6.07) is 6.48. The van der Waals surface area contributed by atoms with E-state index >= 15 is 0 Å². The van der Waals surface area contributed by atoms with Crippen LogP contribution in [0.1, 0.15) is 33.8 Å². The topological polar surface area (TPSA) is 80.2 Å². The number of nitrogens with one attached hydrogen (secondary N) is 1. The third-order valence-corrected chi connectivity index (χ3v) is 5.29. The number of pyridine rings is 1.